The SMILES string of the molecule is CCc1cc(F)c(F)c(F)c1CCN. The third-order valence-corrected chi connectivity index (χ3v) is 2.13. The Morgan fingerprint density at radius 3 is 2.36 bits per heavy atom. The predicted octanol–water partition coefficient (Wildman–Crippen LogP) is 2.17. The van der Waals surface area contributed by atoms with Gasteiger partial charge >= 0.3 is 0 Å². The first-order valence-electron chi connectivity index (χ1n) is 4.47. The fourth-order valence-electron chi connectivity index (χ4n) is 1.41. The van der Waals surface area contributed by atoms with Crippen molar-refractivity contribution in [2.24, 2.45) is 5.73 Å². The molecule has 0 radical (unpaired) electrons. The molecular weight excluding hydrogens is 191 g/mol. The minimum Gasteiger partial charge on any atom is -0.330 e. The summed E-state index contributed by atoms with van der Waals surface area (Å²) in [5, 5.41) is 0. The molecule has 0 fully saturated rings. The van der Waals surface area contributed by atoms with Gasteiger partial charge in [-0.3, -0.25) is 0 Å². The molecule has 1 rings (SSSR count). The van der Waals surface area contributed by atoms with Gasteiger partial charge in [-0.1, -0.05) is 6.92 Å². The molecular formula is C10H12F3N. The van der Waals surface area contributed by atoms with Crippen LogP contribution in [0.2, 0.25) is 0 Å². The molecule has 0 aliphatic heterocycles. The molecule has 2 N–H and O–H groups in total. The maximum absolute atomic E-state index is 13.2. The Labute approximate surface area is 80.7 Å². The van der Waals surface area contributed by atoms with Crippen molar-refractivity contribution in [3.63, 3.8) is 0 Å². The zero-order valence-corrected chi connectivity index (χ0v) is 7.91. The molecule has 1 aromatic carbocycles. The molecule has 1 aromatic rings. The third kappa shape index (κ3) is 1.90. The highest BCUT2D eigenvalue weighted by Crippen LogP contribution is 2.20. The summed E-state index contributed by atoms with van der Waals surface area (Å²) in [6, 6.07) is 1.03. The second-order valence-corrected chi connectivity index (χ2v) is 3.02. The van der Waals surface area contributed by atoms with Gasteiger partial charge < -0.3 is 5.73 Å². The molecule has 0 heterocycles. The van der Waals surface area contributed by atoms with Crippen molar-refractivity contribution in [2.75, 3.05) is 6.54 Å². The van der Waals surface area contributed by atoms with Crippen LogP contribution in [0.25, 0.3) is 0 Å². The monoisotopic (exact) mass is 203 g/mol. The van der Waals surface area contributed by atoms with Crippen LogP contribution < -0.4 is 5.73 Å². The number of nitrogens with two attached hydrogens (primary N) is 1. The highest BCUT2D eigenvalue weighted by atomic mass is 19.2. The highest BCUT2D eigenvalue weighted by molar-refractivity contribution is 5.30. The van der Waals surface area contributed by atoms with Gasteiger partial charge in [0.25, 0.3) is 0 Å². The first kappa shape index (κ1) is 11.0. The van der Waals surface area contributed by atoms with Crippen molar-refractivity contribution < 1.29 is 13.2 Å². The van der Waals surface area contributed by atoms with E-state index in [1.54, 1.807) is 6.92 Å². The van der Waals surface area contributed by atoms with E-state index in [0.717, 1.165) is 6.07 Å². The van der Waals surface area contributed by atoms with Crippen molar-refractivity contribution >= 4 is 0 Å². The summed E-state index contributed by atoms with van der Waals surface area (Å²) in [5.74, 6) is -3.65. The van der Waals surface area contributed by atoms with Crippen LogP contribution in [0, 0.1) is 17.5 Å². The Kier molecular flexibility index (Phi) is 3.52. The van der Waals surface area contributed by atoms with Crippen LogP contribution in [-0.4, -0.2) is 6.54 Å². The molecule has 0 amide bonds. The fraction of sp³-hybridized carbons (Fsp3) is 0.400. The van der Waals surface area contributed by atoms with Gasteiger partial charge in [0.1, 0.15) is 0 Å². The van der Waals surface area contributed by atoms with Gasteiger partial charge in [-0.25, -0.2) is 13.2 Å². The molecule has 0 spiro atoms. The van der Waals surface area contributed by atoms with E-state index in [1.165, 1.54) is 0 Å². The quantitative estimate of drug-likeness (QED) is 0.748. The molecule has 0 atom stereocenters. The number of rotatable bonds is 3. The Balaban J connectivity index is 3.29. The van der Waals surface area contributed by atoms with E-state index in [4.69, 9.17) is 5.73 Å². The topological polar surface area (TPSA) is 26.0 Å². The van der Waals surface area contributed by atoms with Crippen LogP contribution in [0.4, 0.5) is 13.2 Å². The average molecular weight is 203 g/mol. The zero-order valence-electron chi connectivity index (χ0n) is 7.91. The lowest BCUT2D eigenvalue weighted by molar-refractivity contribution is 0.439. The summed E-state index contributed by atoms with van der Waals surface area (Å²) < 4.78 is 38.9. The smallest absolute Gasteiger partial charge is 0.194 e. The Bertz CT molecular complexity index is 337. The van der Waals surface area contributed by atoms with Gasteiger partial charge in [0.05, 0.1) is 0 Å². The van der Waals surface area contributed by atoms with Crippen molar-refractivity contribution in [1.29, 1.82) is 0 Å². The lowest BCUT2D eigenvalue weighted by Crippen LogP contribution is -2.10. The minimum absolute atomic E-state index is 0.189. The van der Waals surface area contributed by atoms with Crippen LogP contribution in [0.1, 0.15) is 18.1 Å². The van der Waals surface area contributed by atoms with Crippen LogP contribution in [-0.2, 0) is 12.8 Å². The van der Waals surface area contributed by atoms with E-state index in [0.29, 0.717) is 12.0 Å². The van der Waals surface area contributed by atoms with Gasteiger partial charge in [-0.05, 0) is 36.6 Å². The van der Waals surface area contributed by atoms with Crippen molar-refractivity contribution in [3.8, 4) is 0 Å². The molecule has 1 nitrogen and oxygen atoms in total. The lowest BCUT2D eigenvalue weighted by Gasteiger charge is -2.09. The van der Waals surface area contributed by atoms with Crippen LogP contribution in [0.3, 0.4) is 0 Å². The third-order valence-electron chi connectivity index (χ3n) is 2.13. The maximum atomic E-state index is 13.2. The number of hydrogen-bond donors (Lipinski definition) is 1. The predicted molar refractivity (Wildman–Crippen MR) is 48.5 cm³/mol. The minimum atomic E-state index is -1.41. The molecule has 0 saturated carbocycles. The Hall–Kier alpha value is -1.03. The van der Waals surface area contributed by atoms with E-state index >= 15 is 0 Å². The molecule has 78 valence electrons. The fourth-order valence-corrected chi connectivity index (χ4v) is 1.41. The van der Waals surface area contributed by atoms with Gasteiger partial charge in [-0.2, -0.15) is 0 Å². The molecule has 14 heavy (non-hydrogen) atoms. The Morgan fingerprint density at radius 2 is 1.86 bits per heavy atom. The lowest BCUT2D eigenvalue weighted by atomic mass is 10.0. The first-order valence-corrected chi connectivity index (χ1v) is 4.47. The van der Waals surface area contributed by atoms with Crippen molar-refractivity contribution in [2.45, 2.75) is 19.8 Å². The Morgan fingerprint density at radius 1 is 1.21 bits per heavy atom. The molecule has 4 heteroatoms. The maximum Gasteiger partial charge on any atom is 0.194 e. The summed E-state index contributed by atoms with van der Waals surface area (Å²) in [6.45, 7) is 1.97. The number of halogens is 3. The van der Waals surface area contributed by atoms with E-state index < -0.39 is 17.5 Å². The zero-order chi connectivity index (χ0) is 10.7. The normalized spacial score (nSPS) is 10.6. The van der Waals surface area contributed by atoms with Gasteiger partial charge in [0, 0.05) is 0 Å². The second-order valence-electron chi connectivity index (χ2n) is 3.02. The molecule has 0 unspecified atom stereocenters. The number of hydrogen-bond acceptors (Lipinski definition) is 1. The summed E-state index contributed by atoms with van der Waals surface area (Å²) >= 11 is 0. The second kappa shape index (κ2) is 4.46. The van der Waals surface area contributed by atoms with Gasteiger partial charge in [0.2, 0.25) is 0 Å². The van der Waals surface area contributed by atoms with Crippen LogP contribution in [0.5, 0.6) is 0 Å². The van der Waals surface area contributed by atoms with Crippen LogP contribution in [0.15, 0.2) is 6.07 Å². The first-order chi connectivity index (χ1) is 6.61. The average Bonchev–Trinajstić information content (AvgIpc) is 2.19. The number of benzene rings is 1. The van der Waals surface area contributed by atoms with E-state index in [9.17, 15) is 13.2 Å². The van der Waals surface area contributed by atoms with E-state index in [1.807, 2.05) is 0 Å². The summed E-state index contributed by atoms with van der Waals surface area (Å²) in [5.41, 5.74) is 5.93. The van der Waals surface area contributed by atoms with Crippen LogP contribution >= 0.6 is 0 Å². The highest BCUT2D eigenvalue weighted by Gasteiger charge is 2.16. The van der Waals surface area contributed by atoms with Crippen molar-refractivity contribution in [1.82, 2.24) is 0 Å². The van der Waals surface area contributed by atoms with E-state index in [2.05, 4.69) is 0 Å². The molecule has 0 saturated heterocycles. The van der Waals surface area contributed by atoms with Crippen molar-refractivity contribution in [3.05, 3.63) is 34.6 Å². The summed E-state index contributed by atoms with van der Waals surface area (Å²) in [6.07, 6.45) is 0.690. The largest absolute Gasteiger partial charge is 0.330 e. The summed E-state index contributed by atoms with van der Waals surface area (Å²) in [4.78, 5) is 0. The summed E-state index contributed by atoms with van der Waals surface area (Å²) in [7, 11) is 0. The molecule has 0 bridgehead atoms. The van der Waals surface area contributed by atoms with Gasteiger partial charge in [0.15, 0.2) is 17.5 Å². The van der Waals surface area contributed by atoms with Gasteiger partial charge in [-0.15, -0.1) is 0 Å². The standard InChI is InChI=1S/C10H12F3N/c1-2-6-5-8(11)10(13)9(12)7(6)3-4-14/h5H,2-4,14H2,1H3. The number of aryl methyl sites for hydroxylation is 1. The molecule has 0 aliphatic carbocycles. The molecule has 0 aromatic heterocycles. The van der Waals surface area contributed by atoms with E-state index in [-0.39, 0.29) is 18.5 Å². The molecule has 0 aliphatic rings.